The molecule has 0 bridgehead atoms. The lowest BCUT2D eigenvalue weighted by molar-refractivity contribution is 0.319. The number of aromatic nitrogens is 2. The summed E-state index contributed by atoms with van der Waals surface area (Å²) in [5.41, 5.74) is 2.60. The predicted octanol–water partition coefficient (Wildman–Crippen LogP) is 4.39. The summed E-state index contributed by atoms with van der Waals surface area (Å²) >= 11 is 3.16. The smallest absolute Gasteiger partial charge is 0.139 e. The van der Waals surface area contributed by atoms with E-state index in [0.29, 0.717) is 23.0 Å². The van der Waals surface area contributed by atoms with Crippen LogP contribution in [0.3, 0.4) is 0 Å². The number of hydrogen-bond acceptors (Lipinski definition) is 2. The Bertz CT molecular complexity index is 746. The van der Waals surface area contributed by atoms with Crippen LogP contribution >= 0.6 is 15.9 Å². The number of aryl methyl sites for hydroxylation is 1. The van der Waals surface area contributed by atoms with Crippen molar-refractivity contribution in [2.45, 2.75) is 13.3 Å². The second-order valence-corrected chi connectivity index (χ2v) is 5.74. The summed E-state index contributed by atoms with van der Waals surface area (Å²) in [6.07, 6.45) is 0.641. The Balaban J connectivity index is 1.68. The van der Waals surface area contributed by atoms with E-state index < -0.39 is 0 Å². The van der Waals surface area contributed by atoms with Gasteiger partial charge in [0, 0.05) is 12.5 Å². The number of benzene rings is 2. The zero-order valence-electron chi connectivity index (χ0n) is 11.5. The Morgan fingerprint density at radius 2 is 2.14 bits per heavy atom. The largest absolute Gasteiger partial charge is 0.493 e. The fourth-order valence-electron chi connectivity index (χ4n) is 2.15. The lowest BCUT2D eigenvalue weighted by Gasteiger charge is -2.05. The summed E-state index contributed by atoms with van der Waals surface area (Å²) in [5, 5.41) is 0. The van der Waals surface area contributed by atoms with Gasteiger partial charge in [-0.05, 0) is 46.6 Å². The first-order valence-corrected chi connectivity index (χ1v) is 7.44. The highest BCUT2D eigenvalue weighted by molar-refractivity contribution is 9.10. The molecule has 1 aromatic heterocycles. The number of ether oxygens (including phenoxy) is 1. The molecule has 1 N–H and O–H groups in total. The van der Waals surface area contributed by atoms with Gasteiger partial charge in [0.25, 0.3) is 0 Å². The third kappa shape index (κ3) is 3.24. The van der Waals surface area contributed by atoms with Gasteiger partial charge in [0.05, 0.1) is 22.1 Å². The van der Waals surface area contributed by atoms with Crippen molar-refractivity contribution in [3.05, 3.63) is 58.1 Å². The summed E-state index contributed by atoms with van der Waals surface area (Å²) in [7, 11) is 0. The molecule has 0 saturated heterocycles. The maximum absolute atomic E-state index is 13.4. The second-order valence-electron chi connectivity index (χ2n) is 4.88. The van der Waals surface area contributed by atoms with Gasteiger partial charge >= 0.3 is 0 Å². The second kappa shape index (κ2) is 5.85. The molecule has 3 aromatic rings. The van der Waals surface area contributed by atoms with Crippen LogP contribution in [0, 0.1) is 12.7 Å². The van der Waals surface area contributed by atoms with Gasteiger partial charge in [-0.1, -0.05) is 12.1 Å². The molecule has 0 amide bonds. The standard InChI is InChI=1S/C16H14BrFN2O/c1-10-3-2-4-11(7-10)21-6-5-16-19-14-8-12(17)13(18)9-15(14)20-16/h2-4,7-9H,5-6H2,1H3,(H,19,20). The Labute approximate surface area is 130 Å². The average Bonchev–Trinajstić information content (AvgIpc) is 2.81. The molecule has 108 valence electrons. The zero-order chi connectivity index (χ0) is 14.8. The van der Waals surface area contributed by atoms with Crippen molar-refractivity contribution in [3.8, 4) is 5.75 Å². The highest BCUT2D eigenvalue weighted by Crippen LogP contribution is 2.22. The van der Waals surface area contributed by atoms with Crippen molar-refractivity contribution >= 4 is 27.0 Å². The lowest BCUT2D eigenvalue weighted by atomic mass is 10.2. The van der Waals surface area contributed by atoms with Gasteiger partial charge in [0.1, 0.15) is 17.4 Å². The molecule has 2 aromatic carbocycles. The molecule has 0 aliphatic heterocycles. The third-order valence-corrected chi connectivity index (χ3v) is 3.78. The lowest BCUT2D eigenvalue weighted by Crippen LogP contribution is -2.02. The number of rotatable bonds is 4. The first kappa shape index (κ1) is 14.1. The fraction of sp³-hybridized carbons (Fsp3) is 0.188. The number of aromatic amines is 1. The van der Waals surface area contributed by atoms with Crippen LogP contribution in [-0.2, 0) is 6.42 Å². The summed E-state index contributed by atoms with van der Waals surface area (Å²) in [5.74, 6) is 1.34. The molecule has 0 saturated carbocycles. The van der Waals surface area contributed by atoms with Gasteiger partial charge in [-0.15, -0.1) is 0 Å². The molecule has 0 radical (unpaired) electrons. The SMILES string of the molecule is Cc1cccc(OCCc2nc3cc(Br)c(F)cc3[nH]2)c1. The van der Waals surface area contributed by atoms with E-state index in [4.69, 9.17) is 4.74 Å². The van der Waals surface area contributed by atoms with Crippen molar-refractivity contribution < 1.29 is 9.13 Å². The minimum Gasteiger partial charge on any atom is -0.493 e. The van der Waals surface area contributed by atoms with E-state index in [-0.39, 0.29) is 5.82 Å². The van der Waals surface area contributed by atoms with Crippen LogP contribution in [0.15, 0.2) is 40.9 Å². The highest BCUT2D eigenvalue weighted by Gasteiger charge is 2.07. The van der Waals surface area contributed by atoms with E-state index in [1.54, 1.807) is 6.07 Å². The van der Waals surface area contributed by atoms with E-state index in [0.717, 1.165) is 22.7 Å². The summed E-state index contributed by atoms with van der Waals surface area (Å²) in [6.45, 7) is 2.55. The molecule has 0 unspecified atom stereocenters. The van der Waals surface area contributed by atoms with Crippen LogP contribution in [0.2, 0.25) is 0 Å². The van der Waals surface area contributed by atoms with Gasteiger partial charge in [-0.25, -0.2) is 9.37 Å². The number of halogens is 2. The van der Waals surface area contributed by atoms with Crippen LogP contribution in [-0.4, -0.2) is 16.6 Å². The van der Waals surface area contributed by atoms with Crippen molar-refractivity contribution in [2.75, 3.05) is 6.61 Å². The van der Waals surface area contributed by atoms with Crippen LogP contribution in [0.4, 0.5) is 4.39 Å². The van der Waals surface area contributed by atoms with Crippen molar-refractivity contribution in [2.24, 2.45) is 0 Å². The molecule has 0 spiro atoms. The van der Waals surface area contributed by atoms with Crippen LogP contribution in [0.5, 0.6) is 5.75 Å². The first-order valence-electron chi connectivity index (χ1n) is 6.65. The molecule has 0 aliphatic carbocycles. The predicted molar refractivity (Wildman–Crippen MR) is 84.1 cm³/mol. The quantitative estimate of drug-likeness (QED) is 0.758. The van der Waals surface area contributed by atoms with Crippen LogP contribution in [0.1, 0.15) is 11.4 Å². The van der Waals surface area contributed by atoms with Crippen LogP contribution in [0.25, 0.3) is 11.0 Å². The van der Waals surface area contributed by atoms with E-state index >= 15 is 0 Å². The normalized spacial score (nSPS) is 11.0. The molecule has 1 heterocycles. The van der Waals surface area contributed by atoms with Gasteiger partial charge < -0.3 is 9.72 Å². The Morgan fingerprint density at radius 3 is 2.95 bits per heavy atom. The van der Waals surface area contributed by atoms with Crippen molar-refractivity contribution in [1.29, 1.82) is 0 Å². The Hall–Kier alpha value is -1.88. The first-order chi connectivity index (χ1) is 10.1. The number of imidazole rings is 1. The summed E-state index contributed by atoms with van der Waals surface area (Å²) < 4.78 is 19.6. The highest BCUT2D eigenvalue weighted by atomic mass is 79.9. The number of fused-ring (bicyclic) bond motifs is 1. The van der Waals surface area contributed by atoms with Gasteiger partial charge in [-0.3, -0.25) is 0 Å². The molecule has 5 heteroatoms. The number of nitrogens with one attached hydrogen (secondary N) is 1. The minimum absolute atomic E-state index is 0.297. The maximum atomic E-state index is 13.4. The Kier molecular flexibility index (Phi) is 3.92. The molecular formula is C16H14BrFN2O. The van der Waals surface area contributed by atoms with Gasteiger partial charge in [0.15, 0.2) is 0 Å². The summed E-state index contributed by atoms with van der Waals surface area (Å²) in [4.78, 5) is 7.54. The van der Waals surface area contributed by atoms with E-state index in [2.05, 4.69) is 25.9 Å². The minimum atomic E-state index is -0.297. The van der Waals surface area contributed by atoms with Crippen molar-refractivity contribution in [3.63, 3.8) is 0 Å². The number of nitrogens with zero attached hydrogens (tertiary/aromatic N) is 1. The Morgan fingerprint density at radius 1 is 1.29 bits per heavy atom. The molecule has 3 nitrogen and oxygen atoms in total. The average molecular weight is 349 g/mol. The van der Waals surface area contributed by atoms with E-state index in [1.807, 2.05) is 31.2 Å². The van der Waals surface area contributed by atoms with E-state index in [1.165, 1.54) is 6.07 Å². The zero-order valence-corrected chi connectivity index (χ0v) is 13.1. The molecule has 3 rings (SSSR count). The molecule has 0 aliphatic rings. The third-order valence-electron chi connectivity index (χ3n) is 3.17. The van der Waals surface area contributed by atoms with Gasteiger partial charge in [0.2, 0.25) is 0 Å². The monoisotopic (exact) mass is 348 g/mol. The maximum Gasteiger partial charge on any atom is 0.139 e. The fourth-order valence-corrected chi connectivity index (χ4v) is 2.48. The number of hydrogen-bond donors (Lipinski definition) is 1. The number of H-pyrrole nitrogens is 1. The topological polar surface area (TPSA) is 37.9 Å². The van der Waals surface area contributed by atoms with Gasteiger partial charge in [-0.2, -0.15) is 0 Å². The molecule has 0 atom stereocenters. The van der Waals surface area contributed by atoms with Crippen LogP contribution < -0.4 is 4.74 Å². The molecular weight excluding hydrogens is 335 g/mol. The molecule has 0 fully saturated rings. The van der Waals surface area contributed by atoms with Crippen molar-refractivity contribution in [1.82, 2.24) is 9.97 Å². The summed E-state index contributed by atoms with van der Waals surface area (Å²) in [6, 6.07) is 11.0. The van der Waals surface area contributed by atoms with E-state index in [9.17, 15) is 4.39 Å². The molecule has 21 heavy (non-hydrogen) atoms.